The van der Waals surface area contributed by atoms with Gasteiger partial charge in [0.05, 0.1) is 16.9 Å². The monoisotopic (exact) mass is 351 g/mol. The average Bonchev–Trinajstić information content (AvgIpc) is 3.13. The van der Waals surface area contributed by atoms with Gasteiger partial charge in [0.25, 0.3) is 0 Å². The molecule has 5 aliphatic heterocycles. The minimum Gasteiger partial charge on any atom is -0.379 e. The van der Waals surface area contributed by atoms with Crippen LogP contribution in [0, 0.1) is 11.3 Å². The summed E-state index contributed by atoms with van der Waals surface area (Å²) in [6, 6.07) is 7.93. The number of aliphatic hydroxyl groups is 1. The van der Waals surface area contributed by atoms with Gasteiger partial charge in [-0.1, -0.05) is 32.0 Å². The molecule has 5 fully saturated rings. The van der Waals surface area contributed by atoms with Gasteiger partial charge in [-0.05, 0) is 37.8 Å². The second-order valence-electron chi connectivity index (χ2n) is 9.66. The standard InChI is InChI=1S/C21H25N3O2/c1-18(2)15-10-20-8-5-9-24(20)12-19(15,23-17(20)25)11-21(26)13-6-3-4-7-14(13)22-16(18)21/h3-4,6-7,15,26H,5,8-12H2,1-2H3,(H,23,25)/t15-,19-,20+,21+/m1/s1. The van der Waals surface area contributed by atoms with Crippen LogP contribution >= 0.6 is 0 Å². The molecule has 136 valence electrons. The van der Waals surface area contributed by atoms with Crippen molar-refractivity contribution >= 4 is 17.3 Å². The summed E-state index contributed by atoms with van der Waals surface area (Å²) in [5, 5.41) is 15.3. The first-order chi connectivity index (χ1) is 12.3. The van der Waals surface area contributed by atoms with Crippen LogP contribution in [-0.2, 0) is 10.4 Å². The molecule has 4 atom stereocenters. The van der Waals surface area contributed by atoms with E-state index in [2.05, 4.69) is 24.1 Å². The Labute approximate surface area is 153 Å². The molecular weight excluding hydrogens is 326 g/mol. The summed E-state index contributed by atoms with van der Waals surface area (Å²) in [7, 11) is 0. The van der Waals surface area contributed by atoms with Crippen LogP contribution < -0.4 is 5.32 Å². The van der Waals surface area contributed by atoms with E-state index in [0.29, 0.717) is 12.3 Å². The summed E-state index contributed by atoms with van der Waals surface area (Å²) in [4.78, 5) is 20.4. The van der Waals surface area contributed by atoms with Crippen LogP contribution in [0.2, 0.25) is 0 Å². The highest BCUT2D eigenvalue weighted by Crippen LogP contribution is 2.63. The van der Waals surface area contributed by atoms with Crippen molar-refractivity contribution in [1.29, 1.82) is 0 Å². The van der Waals surface area contributed by atoms with Crippen LogP contribution in [0.5, 0.6) is 0 Å². The lowest BCUT2D eigenvalue weighted by Crippen LogP contribution is -2.83. The van der Waals surface area contributed by atoms with E-state index >= 15 is 0 Å². The van der Waals surface area contributed by atoms with Gasteiger partial charge in [0.1, 0.15) is 11.1 Å². The largest absolute Gasteiger partial charge is 0.379 e. The third-order valence-electron chi connectivity index (χ3n) is 8.12. The van der Waals surface area contributed by atoms with E-state index < -0.39 is 5.60 Å². The number of nitrogens with zero attached hydrogens (tertiary/aromatic N) is 2. The zero-order chi connectivity index (χ0) is 17.9. The van der Waals surface area contributed by atoms with E-state index in [1.54, 1.807) is 0 Å². The molecule has 5 heterocycles. The Morgan fingerprint density at radius 3 is 2.96 bits per heavy atom. The van der Waals surface area contributed by atoms with Gasteiger partial charge >= 0.3 is 0 Å². The highest BCUT2D eigenvalue weighted by atomic mass is 16.3. The van der Waals surface area contributed by atoms with Gasteiger partial charge in [0.2, 0.25) is 5.91 Å². The van der Waals surface area contributed by atoms with Gasteiger partial charge in [0, 0.05) is 23.9 Å². The van der Waals surface area contributed by atoms with E-state index in [1.165, 1.54) is 0 Å². The van der Waals surface area contributed by atoms with Crippen LogP contribution in [0.15, 0.2) is 29.3 Å². The topological polar surface area (TPSA) is 64.9 Å². The number of hydrogen-bond donors (Lipinski definition) is 2. The Morgan fingerprint density at radius 2 is 2.12 bits per heavy atom. The van der Waals surface area contributed by atoms with Crippen LogP contribution in [-0.4, -0.2) is 45.8 Å². The van der Waals surface area contributed by atoms with E-state index in [-0.39, 0.29) is 22.4 Å². The van der Waals surface area contributed by atoms with Gasteiger partial charge in [0.15, 0.2) is 0 Å². The minimum absolute atomic E-state index is 0.184. The smallest absolute Gasteiger partial charge is 0.241 e. The molecule has 1 aliphatic carbocycles. The van der Waals surface area contributed by atoms with Gasteiger partial charge < -0.3 is 10.4 Å². The molecule has 7 rings (SSSR count). The maximum atomic E-state index is 13.1. The fraction of sp³-hybridized carbons (Fsp3) is 0.619. The lowest BCUT2D eigenvalue weighted by atomic mass is 9.47. The first-order valence-corrected chi connectivity index (χ1v) is 9.81. The number of aliphatic imine (C=N–C) groups is 1. The number of fused-ring (bicyclic) bond motifs is 4. The summed E-state index contributed by atoms with van der Waals surface area (Å²) < 4.78 is 0. The summed E-state index contributed by atoms with van der Waals surface area (Å²) in [5.74, 6) is 0.485. The van der Waals surface area contributed by atoms with E-state index in [4.69, 9.17) is 4.99 Å². The van der Waals surface area contributed by atoms with Crippen molar-refractivity contribution in [1.82, 2.24) is 10.2 Å². The van der Waals surface area contributed by atoms with Crippen molar-refractivity contribution in [3.05, 3.63) is 29.8 Å². The molecule has 1 aromatic carbocycles. The summed E-state index contributed by atoms with van der Waals surface area (Å²) >= 11 is 0. The Morgan fingerprint density at radius 1 is 1.31 bits per heavy atom. The second kappa shape index (κ2) is 4.23. The number of carbonyl (C=O) groups is 1. The molecule has 2 bridgehead atoms. The molecule has 1 saturated carbocycles. The molecule has 26 heavy (non-hydrogen) atoms. The average molecular weight is 351 g/mol. The molecule has 1 amide bonds. The van der Waals surface area contributed by atoms with Crippen molar-refractivity contribution in [2.24, 2.45) is 16.3 Å². The number of para-hydroxylation sites is 1. The Bertz CT molecular complexity index is 893. The predicted molar refractivity (Wildman–Crippen MR) is 98.4 cm³/mol. The minimum atomic E-state index is -1.08. The fourth-order valence-electron chi connectivity index (χ4n) is 7.11. The van der Waals surface area contributed by atoms with E-state index in [1.807, 2.05) is 24.3 Å². The molecule has 0 unspecified atom stereocenters. The van der Waals surface area contributed by atoms with Crippen LogP contribution in [0.25, 0.3) is 0 Å². The molecule has 4 saturated heterocycles. The number of nitrogens with one attached hydrogen (secondary N) is 1. The Hall–Kier alpha value is -1.72. The second-order valence-corrected chi connectivity index (χ2v) is 9.66. The Balaban J connectivity index is 1.56. The number of carbonyl (C=O) groups excluding carboxylic acids is 1. The SMILES string of the molecule is CC1(C)C2=Nc3ccccc3[C@@]2(O)C[C@@]23CN4CCC[C@]4(C[C@H]12)C(=O)N3. The molecule has 5 nitrogen and oxygen atoms in total. The van der Waals surface area contributed by atoms with Gasteiger partial charge in [-0.3, -0.25) is 14.7 Å². The lowest BCUT2D eigenvalue weighted by Gasteiger charge is -2.67. The van der Waals surface area contributed by atoms with Crippen molar-refractivity contribution < 1.29 is 9.90 Å². The zero-order valence-electron chi connectivity index (χ0n) is 15.4. The number of hydrogen-bond acceptors (Lipinski definition) is 4. The maximum Gasteiger partial charge on any atom is 0.241 e. The first kappa shape index (κ1) is 15.3. The van der Waals surface area contributed by atoms with Crippen molar-refractivity contribution in [3.63, 3.8) is 0 Å². The number of benzene rings is 1. The Kier molecular flexibility index (Phi) is 2.50. The van der Waals surface area contributed by atoms with Crippen molar-refractivity contribution in [2.45, 2.75) is 56.2 Å². The van der Waals surface area contributed by atoms with Crippen LogP contribution in [0.1, 0.15) is 45.1 Å². The summed E-state index contributed by atoms with van der Waals surface area (Å²) in [5.41, 5.74) is 0.622. The third kappa shape index (κ3) is 1.45. The molecule has 1 aromatic rings. The quantitative estimate of drug-likeness (QED) is 0.752. The molecule has 2 N–H and O–H groups in total. The van der Waals surface area contributed by atoms with Crippen LogP contribution in [0.4, 0.5) is 5.69 Å². The highest BCUT2D eigenvalue weighted by molar-refractivity contribution is 6.05. The predicted octanol–water partition coefficient (Wildman–Crippen LogP) is 2.11. The molecule has 0 radical (unpaired) electrons. The number of rotatable bonds is 0. The van der Waals surface area contributed by atoms with Gasteiger partial charge in [-0.15, -0.1) is 0 Å². The van der Waals surface area contributed by atoms with Crippen molar-refractivity contribution in [2.75, 3.05) is 13.1 Å². The van der Waals surface area contributed by atoms with Crippen molar-refractivity contribution in [3.8, 4) is 0 Å². The molecule has 5 heteroatoms. The number of piperazine rings is 1. The lowest BCUT2D eigenvalue weighted by molar-refractivity contribution is -0.169. The first-order valence-electron chi connectivity index (χ1n) is 9.81. The van der Waals surface area contributed by atoms with E-state index in [9.17, 15) is 9.90 Å². The van der Waals surface area contributed by atoms with Gasteiger partial charge in [-0.2, -0.15) is 0 Å². The normalized spacial score (nSPS) is 44.7. The highest BCUT2D eigenvalue weighted by Gasteiger charge is 2.72. The van der Waals surface area contributed by atoms with Gasteiger partial charge in [-0.25, -0.2) is 0 Å². The molecule has 2 spiro atoms. The molecular formula is C21H25N3O2. The van der Waals surface area contributed by atoms with E-state index in [0.717, 1.165) is 49.3 Å². The number of piperidine rings is 2. The number of amides is 1. The summed E-state index contributed by atoms with van der Waals surface area (Å²) in [6.45, 7) is 6.29. The summed E-state index contributed by atoms with van der Waals surface area (Å²) in [6.07, 6.45) is 3.46. The van der Waals surface area contributed by atoms with Crippen LogP contribution in [0.3, 0.4) is 0 Å². The zero-order valence-corrected chi connectivity index (χ0v) is 15.4. The fourth-order valence-corrected chi connectivity index (χ4v) is 7.11. The molecule has 0 aromatic heterocycles. The third-order valence-corrected chi connectivity index (χ3v) is 8.12. The molecule has 6 aliphatic rings. The maximum absolute atomic E-state index is 13.1.